The number of carbonyl (C=O) groups excluding carboxylic acids is 1. The molecule has 2 aromatic heterocycles. The molecule has 0 radical (unpaired) electrons. The van der Waals surface area contributed by atoms with Gasteiger partial charge in [0, 0.05) is 43.8 Å². The van der Waals surface area contributed by atoms with Gasteiger partial charge in [0.05, 0.1) is 11.1 Å². The van der Waals surface area contributed by atoms with E-state index in [1.165, 1.54) is 5.56 Å². The summed E-state index contributed by atoms with van der Waals surface area (Å²) in [6.45, 7) is 6.67. The molecule has 0 saturated carbocycles. The smallest absolute Gasteiger partial charge is 0.228 e. The van der Waals surface area contributed by atoms with Crippen LogP contribution < -0.4 is 5.32 Å². The van der Waals surface area contributed by atoms with Crippen molar-refractivity contribution in [2.45, 2.75) is 25.8 Å². The highest BCUT2D eigenvalue weighted by Gasteiger charge is 2.42. The Bertz CT molecular complexity index is 1040. The molecule has 1 aromatic carbocycles. The standard InChI is InChI=1S/C27H30N4O/c1-2-14-30-26(32)27(13-8-17-31(21-27)20-24-11-5-6-16-29-24)18-22-9-3-4-12-25(22)23-10-7-15-28-19-23/h2-7,9-12,15-16,19H,1,8,13-14,17-18,20-21H2,(H,30,32)/t27-/m0/s1. The number of benzene rings is 1. The Kier molecular flexibility index (Phi) is 7.07. The molecule has 32 heavy (non-hydrogen) atoms. The van der Waals surface area contributed by atoms with E-state index in [1.54, 1.807) is 12.3 Å². The second-order valence-electron chi connectivity index (χ2n) is 8.49. The van der Waals surface area contributed by atoms with Gasteiger partial charge in [0.25, 0.3) is 0 Å². The summed E-state index contributed by atoms with van der Waals surface area (Å²) in [4.78, 5) is 24.7. The Morgan fingerprint density at radius 1 is 1.12 bits per heavy atom. The molecule has 164 valence electrons. The Hall–Kier alpha value is -3.31. The topological polar surface area (TPSA) is 58.1 Å². The number of piperidine rings is 1. The first kappa shape index (κ1) is 21.9. The van der Waals surface area contributed by atoms with Gasteiger partial charge in [-0.3, -0.25) is 19.7 Å². The van der Waals surface area contributed by atoms with Crippen LogP contribution in [0.2, 0.25) is 0 Å². The van der Waals surface area contributed by atoms with Crippen LogP contribution in [0.5, 0.6) is 0 Å². The number of likely N-dealkylation sites (tertiary alicyclic amines) is 1. The minimum Gasteiger partial charge on any atom is -0.352 e. The fraction of sp³-hybridized carbons (Fsp3) is 0.296. The van der Waals surface area contributed by atoms with Gasteiger partial charge >= 0.3 is 0 Å². The van der Waals surface area contributed by atoms with Crippen LogP contribution in [0, 0.1) is 5.41 Å². The van der Waals surface area contributed by atoms with Crippen LogP contribution in [0.4, 0.5) is 0 Å². The van der Waals surface area contributed by atoms with Crippen LogP contribution in [-0.4, -0.2) is 40.4 Å². The van der Waals surface area contributed by atoms with Crippen LogP contribution in [0.25, 0.3) is 11.1 Å². The van der Waals surface area contributed by atoms with E-state index in [0.29, 0.717) is 19.5 Å². The number of pyridine rings is 2. The summed E-state index contributed by atoms with van der Waals surface area (Å²) in [5.74, 6) is 0.101. The lowest BCUT2D eigenvalue weighted by atomic mass is 9.73. The van der Waals surface area contributed by atoms with E-state index < -0.39 is 5.41 Å². The van der Waals surface area contributed by atoms with Crippen molar-refractivity contribution in [2.75, 3.05) is 19.6 Å². The molecule has 0 unspecified atom stereocenters. The summed E-state index contributed by atoms with van der Waals surface area (Å²) < 4.78 is 0. The molecule has 1 aliphatic rings. The molecule has 5 heteroatoms. The van der Waals surface area contributed by atoms with E-state index in [-0.39, 0.29) is 5.91 Å². The summed E-state index contributed by atoms with van der Waals surface area (Å²) in [6.07, 6.45) is 9.75. The lowest BCUT2D eigenvalue weighted by Gasteiger charge is -2.42. The summed E-state index contributed by atoms with van der Waals surface area (Å²) >= 11 is 0. The molecule has 0 aliphatic carbocycles. The molecule has 3 heterocycles. The van der Waals surface area contributed by atoms with Gasteiger partial charge in [-0.15, -0.1) is 6.58 Å². The number of carbonyl (C=O) groups is 1. The lowest BCUT2D eigenvalue weighted by molar-refractivity contribution is -0.134. The monoisotopic (exact) mass is 426 g/mol. The fourth-order valence-corrected chi connectivity index (χ4v) is 4.69. The third-order valence-corrected chi connectivity index (χ3v) is 6.18. The van der Waals surface area contributed by atoms with Crippen LogP contribution in [0.3, 0.4) is 0 Å². The lowest BCUT2D eigenvalue weighted by Crippen LogP contribution is -2.53. The molecular weight excluding hydrogens is 396 g/mol. The molecule has 1 fully saturated rings. The zero-order valence-corrected chi connectivity index (χ0v) is 18.4. The fourth-order valence-electron chi connectivity index (χ4n) is 4.69. The summed E-state index contributed by atoms with van der Waals surface area (Å²) in [5.41, 5.74) is 3.91. The van der Waals surface area contributed by atoms with E-state index >= 15 is 0 Å². The third-order valence-electron chi connectivity index (χ3n) is 6.18. The second kappa shape index (κ2) is 10.3. The van der Waals surface area contributed by atoms with Gasteiger partial charge < -0.3 is 5.32 Å². The molecule has 5 nitrogen and oxygen atoms in total. The minimum atomic E-state index is -0.506. The van der Waals surface area contributed by atoms with Crippen molar-refractivity contribution in [1.82, 2.24) is 20.2 Å². The number of nitrogens with one attached hydrogen (secondary N) is 1. The first-order valence-electron chi connectivity index (χ1n) is 11.2. The zero-order chi connectivity index (χ0) is 22.2. The van der Waals surface area contributed by atoms with E-state index in [2.05, 4.69) is 51.0 Å². The number of amides is 1. The maximum Gasteiger partial charge on any atom is 0.228 e. The van der Waals surface area contributed by atoms with Crippen molar-refractivity contribution < 1.29 is 4.79 Å². The molecule has 4 rings (SSSR count). The SMILES string of the molecule is C=CCNC(=O)[C@]1(Cc2ccccc2-c2cccnc2)CCCN(Cc2ccccn2)C1. The number of rotatable bonds is 8. The van der Waals surface area contributed by atoms with Crippen molar-refractivity contribution in [3.63, 3.8) is 0 Å². The van der Waals surface area contributed by atoms with Crippen LogP contribution in [0.15, 0.2) is 85.8 Å². The van der Waals surface area contributed by atoms with Crippen molar-refractivity contribution >= 4 is 5.91 Å². The number of aromatic nitrogens is 2. The predicted octanol–water partition coefficient (Wildman–Crippen LogP) is 4.27. The number of hydrogen-bond donors (Lipinski definition) is 1. The van der Waals surface area contributed by atoms with Crippen molar-refractivity contribution in [3.05, 3.63) is 97.1 Å². The van der Waals surface area contributed by atoms with Gasteiger partial charge in [0.1, 0.15) is 0 Å². The van der Waals surface area contributed by atoms with Gasteiger partial charge in [0.2, 0.25) is 5.91 Å². The van der Waals surface area contributed by atoms with Gasteiger partial charge in [-0.1, -0.05) is 42.5 Å². The van der Waals surface area contributed by atoms with Crippen molar-refractivity contribution in [1.29, 1.82) is 0 Å². The number of nitrogens with zero attached hydrogens (tertiary/aromatic N) is 3. The third kappa shape index (κ3) is 5.11. The van der Waals surface area contributed by atoms with Gasteiger partial charge in [-0.2, -0.15) is 0 Å². The summed E-state index contributed by atoms with van der Waals surface area (Å²) in [7, 11) is 0. The van der Waals surface area contributed by atoms with Gasteiger partial charge in [-0.25, -0.2) is 0 Å². The quantitative estimate of drug-likeness (QED) is 0.547. The minimum absolute atomic E-state index is 0.101. The second-order valence-corrected chi connectivity index (χ2v) is 8.49. The van der Waals surface area contributed by atoms with E-state index in [9.17, 15) is 4.79 Å². The number of hydrogen-bond acceptors (Lipinski definition) is 4. The van der Waals surface area contributed by atoms with Crippen LogP contribution in [-0.2, 0) is 17.8 Å². The molecule has 1 amide bonds. The maximum absolute atomic E-state index is 13.5. The molecular formula is C27H30N4O. The average Bonchev–Trinajstić information content (AvgIpc) is 2.84. The maximum atomic E-state index is 13.5. The van der Waals surface area contributed by atoms with Crippen LogP contribution in [0.1, 0.15) is 24.1 Å². The highest BCUT2D eigenvalue weighted by molar-refractivity contribution is 5.84. The molecule has 3 aromatic rings. The molecule has 1 N–H and O–H groups in total. The van der Waals surface area contributed by atoms with E-state index in [0.717, 1.165) is 42.8 Å². The normalized spacial score (nSPS) is 18.8. The van der Waals surface area contributed by atoms with Gasteiger partial charge in [0.15, 0.2) is 0 Å². The summed E-state index contributed by atoms with van der Waals surface area (Å²) in [6, 6.07) is 18.4. The highest BCUT2D eigenvalue weighted by Crippen LogP contribution is 2.37. The Labute approximate surface area is 190 Å². The molecule has 0 bridgehead atoms. The molecule has 1 aliphatic heterocycles. The largest absolute Gasteiger partial charge is 0.352 e. The molecule has 1 atom stereocenters. The highest BCUT2D eigenvalue weighted by atomic mass is 16.2. The Morgan fingerprint density at radius 2 is 2.00 bits per heavy atom. The van der Waals surface area contributed by atoms with E-state index in [4.69, 9.17) is 0 Å². The van der Waals surface area contributed by atoms with Crippen molar-refractivity contribution in [3.8, 4) is 11.1 Å². The van der Waals surface area contributed by atoms with Gasteiger partial charge in [-0.05, 0) is 55.1 Å². The average molecular weight is 427 g/mol. The Balaban J connectivity index is 1.64. The zero-order valence-electron chi connectivity index (χ0n) is 18.4. The van der Waals surface area contributed by atoms with Crippen LogP contribution >= 0.6 is 0 Å². The first-order valence-corrected chi connectivity index (χ1v) is 11.2. The first-order chi connectivity index (χ1) is 15.7. The molecule has 1 saturated heterocycles. The molecule has 0 spiro atoms. The predicted molar refractivity (Wildman–Crippen MR) is 128 cm³/mol. The summed E-state index contributed by atoms with van der Waals surface area (Å²) in [5, 5.41) is 3.10. The Morgan fingerprint density at radius 3 is 2.78 bits per heavy atom. The van der Waals surface area contributed by atoms with E-state index in [1.807, 2.05) is 42.7 Å². The van der Waals surface area contributed by atoms with Crippen molar-refractivity contribution in [2.24, 2.45) is 5.41 Å².